The number of nitrogens with zero attached hydrogens (tertiary/aromatic N) is 1. The Bertz CT molecular complexity index is 777. The maximum absolute atomic E-state index is 2.45. The molecule has 26 heavy (non-hydrogen) atoms. The molecule has 1 nitrogen and oxygen atoms in total. The molecule has 0 radical (unpaired) electrons. The topological polar surface area (TPSA) is 3.88 Å². The van der Waals surface area contributed by atoms with Crippen LogP contribution in [0.3, 0.4) is 0 Å². The molecule has 0 amide bonds. The highest BCUT2D eigenvalue weighted by atomic mass is 14.9. The van der Waals surface area contributed by atoms with E-state index in [1.54, 1.807) is 0 Å². The van der Waals surface area contributed by atoms with E-state index in [0.717, 1.165) is 5.92 Å². The number of rotatable bonds is 3. The Labute approximate surface area is 159 Å². The number of hydrogen-bond donors (Lipinski definition) is 0. The molecule has 0 aliphatic heterocycles. The van der Waals surface area contributed by atoms with Gasteiger partial charge in [0.25, 0.3) is 0 Å². The molecule has 138 valence electrons. The first-order chi connectivity index (χ1) is 12.6. The summed E-state index contributed by atoms with van der Waals surface area (Å²) in [5.74, 6) is 0.773. The fraction of sp³-hybridized carbons (Fsp3) is 0.560. The minimum Gasteiger partial charge on any atom is -0.201 e. The van der Waals surface area contributed by atoms with Crippen LogP contribution in [0.5, 0.6) is 0 Å². The van der Waals surface area contributed by atoms with Crippen LogP contribution in [0.15, 0.2) is 36.5 Å². The van der Waals surface area contributed by atoms with E-state index in [1.165, 1.54) is 85.7 Å². The van der Waals surface area contributed by atoms with Crippen molar-refractivity contribution in [1.29, 1.82) is 0 Å². The van der Waals surface area contributed by atoms with Crippen LogP contribution in [0, 0.1) is 6.92 Å². The number of benzene rings is 1. The Morgan fingerprint density at radius 1 is 0.923 bits per heavy atom. The second-order valence-corrected chi connectivity index (χ2v) is 9.09. The third kappa shape index (κ3) is 3.33. The molecule has 0 bridgehead atoms. The van der Waals surface area contributed by atoms with Gasteiger partial charge in [-0.25, -0.2) is 4.57 Å². The van der Waals surface area contributed by atoms with E-state index in [2.05, 4.69) is 62.0 Å². The predicted molar refractivity (Wildman–Crippen MR) is 109 cm³/mol. The lowest BCUT2D eigenvalue weighted by atomic mass is 9.80. The zero-order valence-electron chi connectivity index (χ0n) is 16.9. The Morgan fingerprint density at radius 3 is 2.31 bits per heavy atom. The smallest absolute Gasteiger partial charge is 0.201 e. The molecule has 0 N–H and O–H groups in total. The van der Waals surface area contributed by atoms with Crippen molar-refractivity contribution in [3.8, 4) is 11.3 Å². The normalized spacial score (nSPS) is 20.4. The van der Waals surface area contributed by atoms with Gasteiger partial charge in [0.05, 0.1) is 0 Å². The summed E-state index contributed by atoms with van der Waals surface area (Å²) in [7, 11) is 2.22. The van der Waals surface area contributed by atoms with E-state index in [9.17, 15) is 0 Å². The van der Waals surface area contributed by atoms with Gasteiger partial charge in [0.1, 0.15) is 7.05 Å². The van der Waals surface area contributed by atoms with Crippen LogP contribution in [0.2, 0.25) is 0 Å². The lowest BCUT2D eigenvalue weighted by molar-refractivity contribution is -0.660. The minimum absolute atomic E-state index is 0.399. The van der Waals surface area contributed by atoms with Crippen LogP contribution in [-0.4, -0.2) is 0 Å². The first-order valence-corrected chi connectivity index (χ1v) is 10.7. The van der Waals surface area contributed by atoms with Gasteiger partial charge in [0, 0.05) is 17.2 Å². The van der Waals surface area contributed by atoms with E-state index in [4.69, 9.17) is 0 Å². The average Bonchev–Trinajstić information content (AvgIpc) is 3.11. The van der Waals surface area contributed by atoms with Crippen LogP contribution in [0.1, 0.15) is 87.3 Å². The summed E-state index contributed by atoms with van der Waals surface area (Å²) < 4.78 is 2.35. The molecule has 2 aliphatic carbocycles. The Kier molecular flexibility index (Phi) is 4.90. The number of pyridine rings is 1. The molecule has 2 aromatic rings. The zero-order valence-corrected chi connectivity index (χ0v) is 16.9. The summed E-state index contributed by atoms with van der Waals surface area (Å²) in [4.78, 5) is 0. The average molecular weight is 349 g/mol. The third-order valence-electron chi connectivity index (χ3n) is 7.14. The molecule has 2 aliphatic rings. The van der Waals surface area contributed by atoms with Crippen LogP contribution >= 0.6 is 0 Å². The van der Waals surface area contributed by atoms with E-state index < -0.39 is 0 Å². The van der Waals surface area contributed by atoms with Crippen molar-refractivity contribution in [3.05, 3.63) is 53.2 Å². The second kappa shape index (κ2) is 7.18. The summed E-state index contributed by atoms with van der Waals surface area (Å²) in [5, 5.41) is 0. The van der Waals surface area contributed by atoms with Crippen molar-refractivity contribution in [2.45, 2.75) is 83.0 Å². The van der Waals surface area contributed by atoms with Gasteiger partial charge in [-0.05, 0) is 67.2 Å². The van der Waals surface area contributed by atoms with Crippen LogP contribution < -0.4 is 4.57 Å². The first kappa shape index (κ1) is 17.8. The molecule has 1 aromatic heterocycles. The third-order valence-corrected chi connectivity index (χ3v) is 7.14. The molecular weight excluding hydrogens is 314 g/mol. The molecule has 0 saturated heterocycles. The highest BCUT2D eigenvalue weighted by Crippen LogP contribution is 2.41. The number of aromatic nitrogens is 1. The summed E-state index contributed by atoms with van der Waals surface area (Å²) in [5.41, 5.74) is 7.60. The van der Waals surface area contributed by atoms with Gasteiger partial charge in [-0.3, -0.25) is 0 Å². The summed E-state index contributed by atoms with van der Waals surface area (Å²) in [6.07, 6.45) is 14.8. The van der Waals surface area contributed by atoms with E-state index in [1.807, 2.05) is 0 Å². The van der Waals surface area contributed by atoms with Gasteiger partial charge in [0.15, 0.2) is 6.20 Å². The number of hydrogen-bond acceptors (Lipinski definition) is 0. The highest BCUT2D eigenvalue weighted by molar-refractivity contribution is 5.62. The fourth-order valence-electron chi connectivity index (χ4n) is 5.36. The van der Waals surface area contributed by atoms with Gasteiger partial charge in [-0.2, -0.15) is 0 Å². The van der Waals surface area contributed by atoms with Crippen molar-refractivity contribution in [1.82, 2.24) is 0 Å². The largest absolute Gasteiger partial charge is 0.212 e. The zero-order chi connectivity index (χ0) is 18.1. The summed E-state index contributed by atoms with van der Waals surface area (Å²) in [6, 6.07) is 11.9. The van der Waals surface area contributed by atoms with Crippen molar-refractivity contribution < 1.29 is 4.57 Å². The van der Waals surface area contributed by atoms with Crippen molar-refractivity contribution >= 4 is 0 Å². The second-order valence-electron chi connectivity index (χ2n) is 9.09. The highest BCUT2D eigenvalue weighted by Gasteiger charge is 2.31. The summed E-state index contributed by atoms with van der Waals surface area (Å²) in [6.45, 7) is 4.74. The molecule has 0 atom stereocenters. The van der Waals surface area contributed by atoms with Crippen LogP contribution in [0.4, 0.5) is 0 Å². The maximum atomic E-state index is 2.45. The molecule has 0 spiro atoms. The Morgan fingerprint density at radius 2 is 1.65 bits per heavy atom. The number of aryl methyl sites for hydroxylation is 2. The van der Waals surface area contributed by atoms with Crippen molar-refractivity contribution in [2.24, 2.45) is 7.05 Å². The minimum atomic E-state index is 0.399. The van der Waals surface area contributed by atoms with E-state index in [-0.39, 0.29) is 0 Å². The molecule has 2 fully saturated rings. The first-order valence-electron chi connectivity index (χ1n) is 10.7. The van der Waals surface area contributed by atoms with Gasteiger partial charge in [0.2, 0.25) is 5.69 Å². The van der Waals surface area contributed by atoms with Gasteiger partial charge >= 0.3 is 0 Å². The van der Waals surface area contributed by atoms with Crippen molar-refractivity contribution in [3.63, 3.8) is 0 Å². The molecule has 1 heterocycles. The quantitative estimate of drug-likeness (QED) is 0.568. The van der Waals surface area contributed by atoms with Gasteiger partial charge in [-0.15, -0.1) is 0 Å². The van der Waals surface area contributed by atoms with E-state index >= 15 is 0 Å². The molecule has 0 unspecified atom stereocenters. The monoisotopic (exact) mass is 348 g/mol. The molecule has 2 saturated carbocycles. The molecule has 4 rings (SSSR count). The Balaban J connectivity index is 1.62. The van der Waals surface area contributed by atoms with Gasteiger partial charge < -0.3 is 0 Å². The fourth-order valence-corrected chi connectivity index (χ4v) is 5.36. The van der Waals surface area contributed by atoms with Gasteiger partial charge in [-0.1, -0.05) is 51.2 Å². The van der Waals surface area contributed by atoms with E-state index in [0.29, 0.717) is 5.41 Å². The lowest BCUT2D eigenvalue weighted by Crippen LogP contribution is -2.32. The molecule has 1 heteroatoms. The SMILES string of the molecule is Cc1cc(C2(C)CCCC2)ccc1-c1ccc(C2CCCCC2)c[n+]1C. The Hall–Kier alpha value is -1.63. The molecular formula is C25H34N+. The summed E-state index contributed by atoms with van der Waals surface area (Å²) >= 11 is 0. The predicted octanol–water partition coefficient (Wildman–Crippen LogP) is 6.37. The molecule has 1 aromatic carbocycles. The lowest BCUT2D eigenvalue weighted by Gasteiger charge is -2.25. The standard InChI is InChI=1S/C25H34N/c1-19-17-22(25(2)15-7-8-16-25)12-13-23(19)24-14-11-21(18-26(24)3)20-9-5-4-6-10-20/h11-14,17-18,20H,4-10,15-16H2,1-3H3/q+1. The van der Waals surface area contributed by atoms with Crippen LogP contribution in [0.25, 0.3) is 11.3 Å². The van der Waals surface area contributed by atoms with Crippen LogP contribution in [-0.2, 0) is 12.5 Å². The maximum Gasteiger partial charge on any atom is 0.212 e. The van der Waals surface area contributed by atoms with Crippen molar-refractivity contribution in [2.75, 3.05) is 0 Å².